The smallest absolute Gasteiger partial charge is 0.294 e. The predicted octanol–water partition coefficient (Wildman–Crippen LogP) is 3.72. The molecule has 138 valence electrons. The van der Waals surface area contributed by atoms with Crippen LogP contribution in [-0.4, -0.2) is 35.9 Å². The second kappa shape index (κ2) is 9.17. The third kappa shape index (κ3) is 5.72. The van der Waals surface area contributed by atoms with E-state index in [1.165, 1.54) is 18.2 Å². The van der Waals surface area contributed by atoms with Crippen molar-refractivity contribution in [3.05, 3.63) is 63.2 Å². The van der Waals surface area contributed by atoms with Crippen molar-refractivity contribution in [1.82, 2.24) is 4.90 Å². The molecule has 0 aliphatic heterocycles. The van der Waals surface area contributed by atoms with Gasteiger partial charge in [-0.1, -0.05) is 23.7 Å². The number of amides is 1. The number of ether oxygens (including phenoxy) is 1. The van der Waals surface area contributed by atoms with Gasteiger partial charge < -0.3 is 10.1 Å². The summed E-state index contributed by atoms with van der Waals surface area (Å²) in [6.45, 7) is 3.18. The van der Waals surface area contributed by atoms with Gasteiger partial charge in [-0.05, 0) is 43.8 Å². The highest BCUT2D eigenvalue weighted by atomic mass is 35.5. The van der Waals surface area contributed by atoms with Crippen LogP contribution in [0.3, 0.4) is 0 Å². The Morgan fingerprint density at radius 3 is 2.58 bits per heavy atom. The zero-order chi connectivity index (χ0) is 19.1. The number of hydrogen-bond donors (Lipinski definition) is 1. The predicted molar refractivity (Wildman–Crippen MR) is 101 cm³/mol. The highest BCUT2D eigenvalue weighted by Gasteiger charge is 2.17. The number of rotatable bonds is 8. The van der Waals surface area contributed by atoms with Gasteiger partial charge in [0.1, 0.15) is 11.4 Å². The van der Waals surface area contributed by atoms with Gasteiger partial charge in [0.15, 0.2) is 0 Å². The Bertz CT molecular complexity index is 781. The molecule has 0 aromatic heterocycles. The Morgan fingerprint density at radius 1 is 1.27 bits per heavy atom. The first-order valence-corrected chi connectivity index (χ1v) is 8.41. The van der Waals surface area contributed by atoms with Gasteiger partial charge in [0, 0.05) is 17.6 Å². The van der Waals surface area contributed by atoms with Gasteiger partial charge in [0.2, 0.25) is 5.91 Å². The topological polar surface area (TPSA) is 84.7 Å². The van der Waals surface area contributed by atoms with E-state index in [4.69, 9.17) is 16.3 Å². The van der Waals surface area contributed by atoms with Crippen molar-refractivity contribution in [1.29, 1.82) is 0 Å². The van der Waals surface area contributed by atoms with Gasteiger partial charge in [0.05, 0.1) is 18.1 Å². The van der Waals surface area contributed by atoms with E-state index < -0.39 is 4.92 Å². The lowest BCUT2D eigenvalue weighted by Crippen LogP contribution is -2.30. The highest BCUT2D eigenvalue weighted by Crippen LogP contribution is 2.27. The maximum atomic E-state index is 12.2. The minimum Gasteiger partial charge on any atom is -0.494 e. The number of nitrogens with zero attached hydrogens (tertiary/aromatic N) is 2. The maximum absolute atomic E-state index is 12.2. The van der Waals surface area contributed by atoms with Crippen LogP contribution in [0, 0.1) is 10.1 Å². The average Bonchev–Trinajstić information content (AvgIpc) is 2.58. The second-order valence-electron chi connectivity index (χ2n) is 5.72. The number of carbonyl (C=O) groups excluding carboxylic acids is 1. The van der Waals surface area contributed by atoms with E-state index in [9.17, 15) is 14.9 Å². The molecule has 1 N–H and O–H groups in total. The minimum atomic E-state index is -0.578. The van der Waals surface area contributed by atoms with Crippen LogP contribution in [0.1, 0.15) is 12.5 Å². The summed E-state index contributed by atoms with van der Waals surface area (Å²) in [4.78, 5) is 24.5. The van der Waals surface area contributed by atoms with Gasteiger partial charge in [0.25, 0.3) is 5.69 Å². The van der Waals surface area contributed by atoms with Crippen molar-refractivity contribution < 1.29 is 14.5 Å². The van der Waals surface area contributed by atoms with Crippen molar-refractivity contribution in [2.75, 3.05) is 25.5 Å². The van der Waals surface area contributed by atoms with E-state index in [1.54, 1.807) is 7.05 Å². The van der Waals surface area contributed by atoms with Gasteiger partial charge >= 0.3 is 0 Å². The molecule has 8 heteroatoms. The van der Waals surface area contributed by atoms with E-state index in [2.05, 4.69) is 5.32 Å². The van der Waals surface area contributed by atoms with E-state index in [0.29, 0.717) is 13.2 Å². The summed E-state index contributed by atoms with van der Waals surface area (Å²) in [5.41, 5.74) is 0.917. The van der Waals surface area contributed by atoms with Crippen LogP contribution < -0.4 is 10.1 Å². The normalized spacial score (nSPS) is 10.6. The molecule has 0 saturated heterocycles. The number of anilines is 1. The number of nitro groups is 1. The third-order valence-electron chi connectivity index (χ3n) is 3.53. The number of nitrogens with one attached hydrogen (secondary N) is 1. The fraction of sp³-hybridized carbons (Fsp3) is 0.278. The molecule has 0 bridgehead atoms. The Hall–Kier alpha value is -2.64. The largest absolute Gasteiger partial charge is 0.494 e. The zero-order valence-corrected chi connectivity index (χ0v) is 15.3. The zero-order valence-electron chi connectivity index (χ0n) is 14.6. The molecular formula is C18H20ClN3O4. The molecular weight excluding hydrogens is 358 g/mol. The summed E-state index contributed by atoms with van der Waals surface area (Å²) in [5, 5.41) is 13.9. The Morgan fingerprint density at radius 2 is 1.96 bits per heavy atom. The number of halogens is 1. The summed E-state index contributed by atoms with van der Waals surface area (Å²) >= 11 is 5.77. The molecule has 0 saturated carbocycles. The van der Waals surface area contributed by atoms with Gasteiger partial charge in [-0.15, -0.1) is 0 Å². The first-order valence-electron chi connectivity index (χ1n) is 8.03. The summed E-state index contributed by atoms with van der Waals surface area (Å²) < 4.78 is 5.39. The van der Waals surface area contributed by atoms with Gasteiger partial charge in [-0.3, -0.25) is 19.8 Å². The minimum absolute atomic E-state index is 0.0903. The molecule has 0 aliphatic carbocycles. The summed E-state index contributed by atoms with van der Waals surface area (Å²) in [6, 6.07) is 11.7. The lowest BCUT2D eigenvalue weighted by atomic mass is 10.2. The van der Waals surface area contributed by atoms with Crippen molar-refractivity contribution in [3.63, 3.8) is 0 Å². The van der Waals surface area contributed by atoms with Gasteiger partial charge in [-0.25, -0.2) is 0 Å². The fourth-order valence-electron chi connectivity index (χ4n) is 2.42. The Labute approximate surface area is 156 Å². The molecule has 0 atom stereocenters. The van der Waals surface area contributed by atoms with Crippen LogP contribution in [0.5, 0.6) is 5.75 Å². The quantitative estimate of drug-likeness (QED) is 0.559. The molecule has 0 spiro atoms. The van der Waals surface area contributed by atoms with E-state index in [1.807, 2.05) is 36.1 Å². The molecule has 0 heterocycles. The van der Waals surface area contributed by atoms with Crippen molar-refractivity contribution in [2.24, 2.45) is 0 Å². The first kappa shape index (κ1) is 19.7. The molecule has 2 aromatic rings. The fourth-order valence-corrected chi connectivity index (χ4v) is 2.59. The molecule has 0 radical (unpaired) electrons. The molecule has 0 unspecified atom stereocenters. The van der Waals surface area contributed by atoms with Crippen molar-refractivity contribution >= 4 is 28.9 Å². The molecule has 26 heavy (non-hydrogen) atoms. The number of carbonyl (C=O) groups is 1. The SMILES string of the molecule is CCOc1ccc(CN(C)CC(=O)Nc2ccc(Cl)cc2[N+](=O)[O-])cc1. The van der Waals surface area contributed by atoms with Crippen LogP contribution in [0.25, 0.3) is 0 Å². The molecule has 7 nitrogen and oxygen atoms in total. The van der Waals surface area contributed by atoms with Crippen LogP contribution in [0.4, 0.5) is 11.4 Å². The molecule has 0 aliphatic rings. The van der Waals surface area contributed by atoms with Crippen molar-refractivity contribution in [3.8, 4) is 5.75 Å². The summed E-state index contributed by atoms with van der Waals surface area (Å²) in [7, 11) is 1.80. The summed E-state index contributed by atoms with van der Waals surface area (Å²) in [6.07, 6.45) is 0. The van der Waals surface area contributed by atoms with Crippen LogP contribution in [0.2, 0.25) is 5.02 Å². The standard InChI is InChI=1S/C18H20ClN3O4/c1-3-26-15-7-4-13(5-8-15)11-21(2)12-18(23)20-16-9-6-14(19)10-17(16)22(24)25/h4-10H,3,11-12H2,1-2H3,(H,20,23). The van der Waals surface area contributed by atoms with E-state index in [0.717, 1.165) is 11.3 Å². The Kier molecular flexibility index (Phi) is 6.94. The lowest BCUT2D eigenvalue weighted by molar-refractivity contribution is -0.383. The second-order valence-corrected chi connectivity index (χ2v) is 6.15. The number of likely N-dealkylation sites (N-methyl/N-ethyl adjacent to an activating group) is 1. The third-order valence-corrected chi connectivity index (χ3v) is 3.77. The number of benzene rings is 2. The van der Waals surface area contributed by atoms with Crippen molar-refractivity contribution in [2.45, 2.75) is 13.5 Å². The highest BCUT2D eigenvalue weighted by molar-refractivity contribution is 6.31. The Balaban J connectivity index is 1.94. The van der Waals surface area contributed by atoms with Crippen LogP contribution >= 0.6 is 11.6 Å². The number of nitro benzene ring substituents is 1. The van der Waals surface area contributed by atoms with Crippen LogP contribution in [0.15, 0.2) is 42.5 Å². The molecule has 1 amide bonds. The molecule has 2 aromatic carbocycles. The number of hydrogen-bond acceptors (Lipinski definition) is 5. The first-order chi connectivity index (χ1) is 12.4. The van der Waals surface area contributed by atoms with Crippen LogP contribution in [-0.2, 0) is 11.3 Å². The van der Waals surface area contributed by atoms with E-state index >= 15 is 0 Å². The maximum Gasteiger partial charge on any atom is 0.294 e. The monoisotopic (exact) mass is 377 g/mol. The van der Waals surface area contributed by atoms with Gasteiger partial charge in [-0.2, -0.15) is 0 Å². The lowest BCUT2D eigenvalue weighted by Gasteiger charge is -2.16. The molecule has 0 fully saturated rings. The van der Waals surface area contributed by atoms with E-state index in [-0.39, 0.29) is 28.8 Å². The summed E-state index contributed by atoms with van der Waals surface area (Å²) in [5.74, 6) is 0.454. The average molecular weight is 378 g/mol. The molecule has 2 rings (SSSR count).